The van der Waals surface area contributed by atoms with Crippen LogP contribution in [0.2, 0.25) is 0 Å². The summed E-state index contributed by atoms with van der Waals surface area (Å²) >= 11 is 1.61. The molecule has 0 amide bonds. The average Bonchev–Trinajstić information content (AvgIpc) is 2.56. The third-order valence-electron chi connectivity index (χ3n) is 2.74. The van der Waals surface area contributed by atoms with Gasteiger partial charge < -0.3 is 10.4 Å². The van der Waals surface area contributed by atoms with Gasteiger partial charge in [-0.05, 0) is 19.3 Å². The minimum absolute atomic E-state index is 0.00359. The summed E-state index contributed by atoms with van der Waals surface area (Å²) in [4.78, 5) is 4.19. The summed E-state index contributed by atoms with van der Waals surface area (Å²) in [6, 6.07) is 0. The van der Waals surface area contributed by atoms with Crippen molar-refractivity contribution >= 4 is 11.3 Å². The monoisotopic (exact) mass is 198 g/mol. The van der Waals surface area contributed by atoms with Gasteiger partial charge in [0.2, 0.25) is 0 Å². The Morgan fingerprint density at radius 3 is 2.92 bits per heavy atom. The Labute approximate surface area is 81.8 Å². The van der Waals surface area contributed by atoms with Gasteiger partial charge in [-0.3, -0.25) is 0 Å². The van der Waals surface area contributed by atoms with Gasteiger partial charge in [0.25, 0.3) is 0 Å². The van der Waals surface area contributed by atoms with Crippen molar-refractivity contribution in [2.24, 2.45) is 0 Å². The third-order valence-corrected chi connectivity index (χ3v) is 3.38. The molecular weight excluding hydrogens is 184 g/mol. The average molecular weight is 198 g/mol. The normalized spacial score (nSPS) is 19.8. The van der Waals surface area contributed by atoms with Gasteiger partial charge in [0, 0.05) is 17.5 Å². The summed E-state index contributed by atoms with van der Waals surface area (Å²) in [6.45, 7) is 1.03. The Kier molecular flexibility index (Phi) is 2.62. The van der Waals surface area contributed by atoms with Gasteiger partial charge in [0.1, 0.15) is 0 Å². The highest BCUT2D eigenvalue weighted by atomic mass is 32.1. The lowest BCUT2D eigenvalue weighted by molar-refractivity contribution is 0.0869. The first kappa shape index (κ1) is 9.12. The molecule has 0 atom stereocenters. The summed E-state index contributed by atoms with van der Waals surface area (Å²) < 4.78 is 0. The zero-order valence-electron chi connectivity index (χ0n) is 7.49. The van der Waals surface area contributed by atoms with Gasteiger partial charge in [-0.15, -0.1) is 11.3 Å². The topological polar surface area (TPSA) is 45.1 Å². The molecule has 0 aromatic carbocycles. The Bertz CT molecular complexity index is 251. The number of aliphatic hydroxyl groups is 1. The van der Waals surface area contributed by atoms with Crippen molar-refractivity contribution in [3.8, 4) is 0 Å². The second-order valence-corrected chi connectivity index (χ2v) is 4.34. The maximum atomic E-state index is 9.18. The van der Waals surface area contributed by atoms with Gasteiger partial charge in [0.15, 0.2) is 0 Å². The summed E-state index contributed by atoms with van der Waals surface area (Å²) in [5, 5.41) is 14.6. The smallest absolute Gasteiger partial charge is 0.0795 e. The number of hydrogen-bond donors (Lipinski definition) is 2. The van der Waals surface area contributed by atoms with Crippen LogP contribution in [-0.4, -0.2) is 22.2 Å². The van der Waals surface area contributed by atoms with E-state index in [1.807, 2.05) is 10.9 Å². The minimum Gasteiger partial charge on any atom is -0.394 e. The Morgan fingerprint density at radius 2 is 2.46 bits per heavy atom. The van der Waals surface area contributed by atoms with E-state index in [9.17, 15) is 5.11 Å². The molecule has 72 valence electrons. The van der Waals surface area contributed by atoms with E-state index in [4.69, 9.17) is 0 Å². The largest absolute Gasteiger partial charge is 0.394 e. The fourth-order valence-electron chi connectivity index (χ4n) is 1.60. The van der Waals surface area contributed by atoms with E-state index in [1.165, 1.54) is 6.42 Å². The molecule has 1 saturated carbocycles. The first-order valence-electron chi connectivity index (χ1n) is 4.58. The molecule has 1 heterocycles. The number of thiazole rings is 1. The van der Waals surface area contributed by atoms with Gasteiger partial charge in [-0.1, -0.05) is 0 Å². The molecule has 1 aliphatic rings. The second kappa shape index (κ2) is 3.74. The minimum atomic E-state index is 0.00359. The van der Waals surface area contributed by atoms with Crippen LogP contribution in [0.15, 0.2) is 10.9 Å². The third kappa shape index (κ3) is 1.90. The fraction of sp³-hybridized carbons (Fsp3) is 0.667. The summed E-state index contributed by atoms with van der Waals surface area (Å²) in [5.74, 6) is 0. The van der Waals surface area contributed by atoms with E-state index < -0.39 is 0 Å². The van der Waals surface area contributed by atoms with Crippen LogP contribution < -0.4 is 5.32 Å². The lowest BCUT2D eigenvalue weighted by Gasteiger charge is -2.41. The maximum absolute atomic E-state index is 9.18. The van der Waals surface area contributed by atoms with Crippen LogP contribution in [-0.2, 0) is 6.54 Å². The van der Waals surface area contributed by atoms with Gasteiger partial charge in [-0.25, -0.2) is 4.98 Å². The molecule has 1 aromatic rings. The van der Waals surface area contributed by atoms with Crippen molar-refractivity contribution < 1.29 is 5.11 Å². The SMILES string of the molecule is OCC1(NCc2cscn2)CCC1. The Hall–Kier alpha value is -0.450. The molecule has 1 fully saturated rings. The van der Waals surface area contributed by atoms with Crippen molar-refractivity contribution in [2.45, 2.75) is 31.3 Å². The van der Waals surface area contributed by atoms with Crippen LogP contribution in [0.4, 0.5) is 0 Å². The first-order valence-corrected chi connectivity index (χ1v) is 5.52. The van der Waals surface area contributed by atoms with E-state index in [1.54, 1.807) is 11.3 Å². The first-order chi connectivity index (χ1) is 6.35. The lowest BCUT2D eigenvalue weighted by atomic mass is 9.77. The molecule has 0 aliphatic heterocycles. The quantitative estimate of drug-likeness (QED) is 0.763. The van der Waals surface area contributed by atoms with E-state index in [-0.39, 0.29) is 12.1 Å². The number of rotatable bonds is 4. The van der Waals surface area contributed by atoms with Gasteiger partial charge >= 0.3 is 0 Å². The highest BCUT2D eigenvalue weighted by molar-refractivity contribution is 7.07. The zero-order valence-corrected chi connectivity index (χ0v) is 8.31. The molecule has 2 N–H and O–H groups in total. The number of aliphatic hydroxyl groups excluding tert-OH is 1. The Balaban J connectivity index is 1.84. The molecule has 4 heteroatoms. The number of nitrogens with zero attached hydrogens (tertiary/aromatic N) is 1. The van der Waals surface area contributed by atoms with Crippen LogP contribution in [0.3, 0.4) is 0 Å². The summed E-state index contributed by atoms with van der Waals surface area (Å²) in [5.41, 5.74) is 2.91. The van der Waals surface area contributed by atoms with Crippen LogP contribution >= 0.6 is 11.3 Å². The fourth-order valence-corrected chi connectivity index (χ4v) is 2.16. The molecule has 1 aliphatic carbocycles. The lowest BCUT2D eigenvalue weighted by Crippen LogP contribution is -2.53. The van der Waals surface area contributed by atoms with Crippen LogP contribution in [0.5, 0.6) is 0 Å². The van der Waals surface area contributed by atoms with Crippen molar-refractivity contribution in [2.75, 3.05) is 6.61 Å². The van der Waals surface area contributed by atoms with Crippen LogP contribution in [0, 0.1) is 0 Å². The zero-order chi connectivity index (χ0) is 9.15. The van der Waals surface area contributed by atoms with Crippen LogP contribution in [0.1, 0.15) is 25.0 Å². The van der Waals surface area contributed by atoms with E-state index in [2.05, 4.69) is 10.3 Å². The van der Waals surface area contributed by atoms with Crippen molar-refractivity contribution in [3.05, 3.63) is 16.6 Å². The second-order valence-electron chi connectivity index (χ2n) is 3.63. The highest BCUT2D eigenvalue weighted by Gasteiger charge is 2.35. The molecule has 13 heavy (non-hydrogen) atoms. The van der Waals surface area contributed by atoms with Crippen molar-refractivity contribution in [1.29, 1.82) is 0 Å². The van der Waals surface area contributed by atoms with Gasteiger partial charge in [-0.2, -0.15) is 0 Å². The predicted octanol–water partition coefficient (Wildman–Crippen LogP) is 1.15. The number of aromatic nitrogens is 1. The number of hydrogen-bond acceptors (Lipinski definition) is 4. The predicted molar refractivity (Wildman–Crippen MR) is 52.6 cm³/mol. The molecule has 0 unspecified atom stereocenters. The number of nitrogens with one attached hydrogen (secondary N) is 1. The summed E-state index contributed by atoms with van der Waals surface area (Å²) in [6.07, 6.45) is 3.41. The Morgan fingerprint density at radius 1 is 1.62 bits per heavy atom. The maximum Gasteiger partial charge on any atom is 0.0795 e. The molecule has 0 saturated heterocycles. The van der Waals surface area contributed by atoms with Crippen molar-refractivity contribution in [3.63, 3.8) is 0 Å². The van der Waals surface area contributed by atoms with E-state index in [0.717, 1.165) is 25.1 Å². The van der Waals surface area contributed by atoms with Gasteiger partial charge in [0.05, 0.1) is 17.8 Å². The molecule has 2 rings (SSSR count). The molecule has 3 nitrogen and oxygen atoms in total. The molecule has 1 aromatic heterocycles. The molecule has 0 spiro atoms. The van der Waals surface area contributed by atoms with E-state index >= 15 is 0 Å². The van der Waals surface area contributed by atoms with Crippen LogP contribution in [0.25, 0.3) is 0 Å². The molecular formula is C9H14N2OS. The van der Waals surface area contributed by atoms with Crippen molar-refractivity contribution in [1.82, 2.24) is 10.3 Å². The molecule has 0 bridgehead atoms. The standard InChI is InChI=1S/C9H14N2OS/c12-6-9(2-1-3-9)11-4-8-5-13-7-10-8/h5,7,11-12H,1-4,6H2. The summed E-state index contributed by atoms with van der Waals surface area (Å²) in [7, 11) is 0. The highest BCUT2D eigenvalue weighted by Crippen LogP contribution is 2.31. The molecule has 0 radical (unpaired) electrons. The van der Waals surface area contributed by atoms with E-state index in [0.29, 0.717) is 0 Å².